The predicted octanol–water partition coefficient (Wildman–Crippen LogP) is 4.75. The van der Waals surface area contributed by atoms with Crippen LogP contribution in [-0.2, 0) is 16.1 Å². The number of Topliss-reactive ketones (excluding diaryl/α,β-unsaturated/α-hetero) is 1. The predicted molar refractivity (Wildman–Crippen MR) is 132 cm³/mol. The van der Waals surface area contributed by atoms with Crippen molar-refractivity contribution in [2.45, 2.75) is 26.4 Å². The highest BCUT2D eigenvalue weighted by atomic mass is 16.5. The van der Waals surface area contributed by atoms with Gasteiger partial charge in [0, 0.05) is 11.8 Å². The third kappa shape index (κ3) is 5.19. The average molecular weight is 473 g/mol. The summed E-state index contributed by atoms with van der Waals surface area (Å²) in [6.07, 6.45) is 1.63. The van der Waals surface area contributed by atoms with Gasteiger partial charge in [0.1, 0.15) is 17.3 Å². The van der Waals surface area contributed by atoms with Crippen molar-refractivity contribution in [3.8, 4) is 11.5 Å². The average Bonchev–Trinajstić information content (AvgIpc) is 3.13. The molecule has 1 atom stereocenters. The first-order chi connectivity index (χ1) is 16.9. The number of likely N-dealkylation sites (tertiary alicyclic amines) is 1. The first-order valence-electron chi connectivity index (χ1n) is 11.4. The van der Waals surface area contributed by atoms with E-state index in [2.05, 4.69) is 18.8 Å². The van der Waals surface area contributed by atoms with Gasteiger partial charge in [-0.1, -0.05) is 32.0 Å². The maximum atomic E-state index is 13.2. The van der Waals surface area contributed by atoms with Crippen LogP contribution in [0.3, 0.4) is 0 Å². The molecule has 35 heavy (non-hydrogen) atoms. The molecule has 0 radical (unpaired) electrons. The Morgan fingerprint density at radius 3 is 2.46 bits per heavy atom. The molecule has 0 spiro atoms. The van der Waals surface area contributed by atoms with Crippen molar-refractivity contribution in [1.82, 2.24) is 9.88 Å². The minimum atomic E-state index is -0.802. The summed E-state index contributed by atoms with van der Waals surface area (Å²) in [4.78, 5) is 32.1. The Bertz CT molecular complexity index is 1240. The number of aliphatic hydroxyl groups is 1. The SMILES string of the molecule is COc1cccc(C2/C(=C(/O)c3ccc(OCC(C)C)cc3)C(=O)C(=O)N2Cc2ccccn2)c1. The highest BCUT2D eigenvalue weighted by Crippen LogP contribution is 2.41. The summed E-state index contributed by atoms with van der Waals surface area (Å²) in [5, 5.41) is 11.3. The molecular weight excluding hydrogens is 444 g/mol. The molecule has 0 saturated carbocycles. The second-order valence-corrected chi connectivity index (χ2v) is 8.75. The van der Waals surface area contributed by atoms with E-state index in [1.807, 2.05) is 6.07 Å². The molecule has 1 aromatic heterocycles. The summed E-state index contributed by atoms with van der Waals surface area (Å²) in [6, 6.07) is 18.6. The van der Waals surface area contributed by atoms with Crippen molar-refractivity contribution in [2.24, 2.45) is 5.92 Å². The standard InChI is InChI=1S/C28H28N2O5/c1-18(2)17-35-22-12-10-19(11-13-22)26(31)24-25(20-7-6-9-23(15-20)34-3)30(28(33)27(24)32)16-21-8-4-5-14-29-21/h4-15,18,25,31H,16-17H2,1-3H3/b26-24-. The molecule has 7 heteroatoms. The number of hydrogen-bond donors (Lipinski definition) is 1. The fourth-order valence-corrected chi connectivity index (χ4v) is 3.99. The lowest BCUT2D eigenvalue weighted by Crippen LogP contribution is -2.29. The molecule has 1 N–H and O–H groups in total. The van der Waals surface area contributed by atoms with Crippen molar-refractivity contribution in [3.63, 3.8) is 0 Å². The number of aromatic nitrogens is 1. The van der Waals surface area contributed by atoms with E-state index in [0.717, 1.165) is 0 Å². The van der Waals surface area contributed by atoms with Gasteiger partial charge in [-0.3, -0.25) is 14.6 Å². The van der Waals surface area contributed by atoms with E-state index in [9.17, 15) is 14.7 Å². The first kappa shape index (κ1) is 24.0. The van der Waals surface area contributed by atoms with Gasteiger partial charge < -0.3 is 19.5 Å². The number of carbonyl (C=O) groups is 2. The van der Waals surface area contributed by atoms with Gasteiger partial charge >= 0.3 is 0 Å². The lowest BCUT2D eigenvalue weighted by molar-refractivity contribution is -0.140. The summed E-state index contributed by atoms with van der Waals surface area (Å²) in [6.45, 7) is 4.80. The second kappa shape index (κ2) is 10.4. The number of ether oxygens (including phenoxy) is 2. The van der Waals surface area contributed by atoms with Crippen LogP contribution in [0.2, 0.25) is 0 Å². The highest BCUT2D eigenvalue weighted by molar-refractivity contribution is 6.46. The summed E-state index contributed by atoms with van der Waals surface area (Å²) in [5.41, 5.74) is 1.73. The fraction of sp³-hybridized carbons (Fsp3) is 0.250. The lowest BCUT2D eigenvalue weighted by atomic mass is 9.95. The van der Waals surface area contributed by atoms with Gasteiger partial charge in [-0.05, 0) is 60.0 Å². The van der Waals surface area contributed by atoms with Crippen LogP contribution < -0.4 is 9.47 Å². The molecule has 2 heterocycles. The Morgan fingerprint density at radius 2 is 1.80 bits per heavy atom. The zero-order valence-electron chi connectivity index (χ0n) is 20.0. The summed E-state index contributed by atoms with van der Waals surface area (Å²) < 4.78 is 11.1. The number of ketones is 1. The largest absolute Gasteiger partial charge is 0.507 e. The summed E-state index contributed by atoms with van der Waals surface area (Å²) in [7, 11) is 1.55. The van der Waals surface area contributed by atoms with Gasteiger partial charge in [-0.15, -0.1) is 0 Å². The Morgan fingerprint density at radius 1 is 1.03 bits per heavy atom. The quantitative estimate of drug-likeness (QED) is 0.289. The maximum absolute atomic E-state index is 13.2. The molecule has 0 aliphatic carbocycles. The van der Waals surface area contributed by atoms with E-state index in [-0.39, 0.29) is 17.9 Å². The van der Waals surface area contributed by atoms with Crippen molar-refractivity contribution >= 4 is 17.4 Å². The van der Waals surface area contributed by atoms with Gasteiger partial charge in [0.2, 0.25) is 0 Å². The third-order valence-electron chi connectivity index (χ3n) is 5.72. The number of rotatable bonds is 8. The van der Waals surface area contributed by atoms with Crippen LogP contribution in [0.15, 0.2) is 78.5 Å². The minimum Gasteiger partial charge on any atom is -0.507 e. The molecule has 3 aromatic rings. The molecule has 1 saturated heterocycles. The molecule has 4 rings (SSSR count). The van der Waals surface area contributed by atoms with Gasteiger partial charge in [-0.2, -0.15) is 0 Å². The molecule has 1 aliphatic rings. The van der Waals surface area contributed by atoms with Crippen LogP contribution in [0.4, 0.5) is 0 Å². The van der Waals surface area contributed by atoms with Crippen LogP contribution in [0.1, 0.15) is 36.7 Å². The highest BCUT2D eigenvalue weighted by Gasteiger charge is 2.46. The van der Waals surface area contributed by atoms with Gasteiger partial charge in [0.25, 0.3) is 11.7 Å². The first-order valence-corrected chi connectivity index (χ1v) is 11.4. The molecule has 1 unspecified atom stereocenters. The number of hydrogen-bond acceptors (Lipinski definition) is 6. The molecule has 7 nitrogen and oxygen atoms in total. The Balaban J connectivity index is 1.77. The van der Waals surface area contributed by atoms with Crippen LogP contribution in [-0.4, -0.2) is 40.4 Å². The minimum absolute atomic E-state index is 0.0232. The van der Waals surface area contributed by atoms with Crippen LogP contribution >= 0.6 is 0 Å². The van der Waals surface area contributed by atoms with Gasteiger partial charge in [0.05, 0.1) is 37.6 Å². The Hall–Kier alpha value is -4.13. The smallest absolute Gasteiger partial charge is 0.296 e. The molecule has 1 fully saturated rings. The van der Waals surface area contributed by atoms with E-state index in [4.69, 9.17) is 9.47 Å². The second-order valence-electron chi connectivity index (χ2n) is 8.75. The van der Waals surface area contributed by atoms with Crippen LogP contribution in [0, 0.1) is 5.92 Å². The Kier molecular flexibility index (Phi) is 7.15. The Labute approximate surface area is 204 Å². The number of pyridine rings is 1. The fourth-order valence-electron chi connectivity index (χ4n) is 3.99. The van der Waals surface area contributed by atoms with E-state index < -0.39 is 17.7 Å². The molecular formula is C28H28N2O5. The monoisotopic (exact) mass is 472 g/mol. The topological polar surface area (TPSA) is 89.0 Å². The number of aliphatic hydroxyl groups excluding tert-OH is 1. The number of methoxy groups -OCH3 is 1. The van der Waals surface area contributed by atoms with Crippen LogP contribution in [0.5, 0.6) is 11.5 Å². The number of benzene rings is 2. The zero-order chi connectivity index (χ0) is 24.9. The van der Waals surface area contributed by atoms with Crippen molar-refractivity contribution in [3.05, 3.63) is 95.3 Å². The molecule has 2 aromatic carbocycles. The zero-order valence-corrected chi connectivity index (χ0v) is 20.0. The van der Waals surface area contributed by atoms with E-state index in [1.165, 1.54) is 4.90 Å². The normalized spacial score (nSPS) is 17.1. The molecule has 1 aliphatic heterocycles. The van der Waals surface area contributed by atoms with E-state index >= 15 is 0 Å². The number of carbonyl (C=O) groups excluding carboxylic acids is 2. The number of amides is 1. The lowest BCUT2D eigenvalue weighted by Gasteiger charge is -2.25. The molecule has 1 amide bonds. The van der Waals surface area contributed by atoms with Crippen LogP contribution in [0.25, 0.3) is 5.76 Å². The van der Waals surface area contributed by atoms with Gasteiger partial charge in [-0.25, -0.2) is 0 Å². The van der Waals surface area contributed by atoms with Crippen molar-refractivity contribution in [1.29, 1.82) is 0 Å². The van der Waals surface area contributed by atoms with E-state index in [1.54, 1.807) is 74.0 Å². The van der Waals surface area contributed by atoms with Gasteiger partial charge in [0.15, 0.2) is 0 Å². The molecule has 180 valence electrons. The van der Waals surface area contributed by atoms with E-state index in [0.29, 0.717) is 40.8 Å². The van der Waals surface area contributed by atoms with Crippen molar-refractivity contribution < 1.29 is 24.2 Å². The molecule has 0 bridgehead atoms. The third-order valence-corrected chi connectivity index (χ3v) is 5.72. The summed E-state index contributed by atoms with van der Waals surface area (Å²) >= 11 is 0. The van der Waals surface area contributed by atoms with Crippen molar-refractivity contribution in [2.75, 3.05) is 13.7 Å². The maximum Gasteiger partial charge on any atom is 0.296 e. The summed E-state index contributed by atoms with van der Waals surface area (Å²) in [5.74, 6) is -0.0581. The number of nitrogens with zero attached hydrogens (tertiary/aromatic N) is 2.